The molecule has 0 atom stereocenters. The Bertz CT molecular complexity index is 908. The van der Waals surface area contributed by atoms with Gasteiger partial charge in [0.2, 0.25) is 0 Å². The zero-order valence-electron chi connectivity index (χ0n) is 12.1. The van der Waals surface area contributed by atoms with E-state index in [9.17, 15) is 14.0 Å². The lowest BCUT2D eigenvalue weighted by atomic mass is 10.1. The summed E-state index contributed by atoms with van der Waals surface area (Å²) in [6.45, 7) is 0. The highest BCUT2D eigenvalue weighted by Crippen LogP contribution is 2.23. The van der Waals surface area contributed by atoms with Gasteiger partial charge in [0, 0.05) is 5.56 Å². The molecular formula is C17H11FN2O3. The molecule has 114 valence electrons. The van der Waals surface area contributed by atoms with Crippen molar-refractivity contribution in [2.24, 2.45) is 0 Å². The third-order valence-electron chi connectivity index (χ3n) is 3.34. The molecule has 0 aliphatic rings. The fourth-order valence-corrected chi connectivity index (χ4v) is 2.22. The number of rotatable bonds is 3. The first kappa shape index (κ1) is 14.8. The number of hydrogen-bond donors (Lipinski definition) is 0. The lowest BCUT2D eigenvalue weighted by molar-refractivity contribution is 0.0600. The van der Waals surface area contributed by atoms with Gasteiger partial charge in [-0.05, 0) is 42.5 Å². The third kappa shape index (κ3) is 2.78. The van der Waals surface area contributed by atoms with Crippen LogP contribution in [0.3, 0.4) is 0 Å². The minimum absolute atomic E-state index is 0.148. The van der Waals surface area contributed by atoms with E-state index in [1.807, 2.05) is 0 Å². The molecule has 0 radical (unpaired) electrons. The number of aromatic nitrogens is 2. The van der Waals surface area contributed by atoms with Gasteiger partial charge in [-0.1, -0.05) is 0 Å². The summed E-state index contributed by atoms with van der Waals surface area (Å²) in [7, 11) is 1.29. The number of fused-ring (bicyclic) bond motifs is 1. The van der Waals surface area contributed by atoms with E-state index in [2.05, 4.69) is 14.7 Å². The van der Waals surface area contributed by atoms with Gasteiger partial charge in [-0.2, -0.15) is 0 Å². The van der Waals surface area contributed by atoms with Crippen molar-refractivity contribution in [1.29, 1.82) is 0 Å². The molecule has 6 heteroatoms. The second-order valence-corrected chi connectivity index (χ2v) is 4.78. The van der Waals surface area contributed by atoms with Gasteiger partial charge in [-0.3, -0.25) is 4.79 Å². The molecule has 0 saturated heterocycles. The smallest absolute Gasteiger partial charge is 0.337 e. The molecule has 5 nitrogen and oxygen atoms in total. The minimum atomic E-state index is -0.489. The van der Waals surface area contributed by atoms with Crippen molar-refractivity contribution in [3.8, 4) is 11.3 Å². The number of carbonyl (C=O) groups excluding carboxylic acids is 2. The Hall–Kier alpha value is -3.15. The summed E-state index contributed by atoms with van der Waals surface area (Å²) in [4.78, 5) is 31.5. The molecule has 3 aromatic rings. The van der Waals surface area contributed by atoms with E-state index in [0.29, 0.717) is 34.1 Å². The summed E-state index contributed by atoms with van der Waals surface area (Å²) in [6.07, 6.45) is 0.597. The van der Waals surface area contributed by atoms with Crippen LogP contribution in [0.4, 0.5) is 4.39 Å². The number of ether oxygens (including phenoxy) is 1. The minimum Gasteiger partial charge on any atom is -0.465 e. The highest BCUT2D eigenvalue weighted by atomic mass is 19.1. The Kier molecular flexibility index (Phi) is 3.80. The van der Waals surface area contributed by atoms with Gasteiger partial charge < -0.3 is 4.74 Å². The molecule has 23 heavy (non-hydrogen) atoms. The number of benzene rings is 2. The van der Waals surface area contributed by atoms with Gasteiger partial charge in [0.05, 0.1) is 23.7 Å². The maximum atomic E-state index is 13.1. The topological polar surface area (TPSA) is 69.2 Å². The highest BCUT2D eigenvalue weighted by Gasteiger charge is 2.13. The molecule has 0 saturated carbocycles. The van der Waals surface area contributed by atoms with E-state index in [4.69, 9.17) is 0 Å². The van der Waals surface area contributed by atoms with E-state index in [1.165, 1.54) is 37.4 Å². The van der Waals surface area contributed by atoms with Crippen molar-refractivity contribution >= 4 is 23.3 Å². The molecule has 0 spiro atoms. The summed E-state index contributed by atoms with van der Waals surface area (Å²) < 4.78 is 17.7. The second kappa shape index (κ2) is 5.92. The Labute approximate surface area is 130 Å². The van der Waals surface area contributed by atoms with Crippen LogP contribution in [-0.4, -0.2) is 29.3 Å². The fourth-order valence-electron chi connectivity index (χ4n) is 2.22. The monoisotopic (exact) mass is 310 g/mol. The van der Waals surface area contributed by atoms with Crippen molar-refractivity contribution in [2.45, 2.75) is 0 Å². The molecule has 3 rings (SSSR count). The van der Waals surface area contributed by atoms with Gasteiger partial charge in [-0.15, -0.1) is 0 Å². The number of carbonyl (C=O) groups is 2. The average molecular weight is 310 g/mol. The van der Waals surface area contributed by atoms with Crippen LogP contribution in [0.1, 0.15) is 20.8 Å². The maximum absolute atomic E-state index is 13.1. The molecule has 0 fully saturated rings. The van der Waals surface area contributed by atoms with Crippen LogP contribution in [0.25, 0.3) is 22.3 Å². The van der Waals surface area contributed by atoms with Crippen LogP contribution in [0.15, 0.2) is 42.5 Å². The lowest BCUT2D eigenvalue weighted by Gasteiger charge is -2.07. The van der Waals surface area contributed by atoms with E-state index in [1.54, 1.807) is 12.1 Å². The Balaban J connectivity index is 2.21. The first-order chi connectivity index (χ1) is 11.1. The van der Waals surface area contributed by atoms with Gasteiger partial charge in [-0.25, -0.2) is 19.2 Å². The number of methoxy groups -OCH3 is 1. The SMILES string of the molecule is COC(=O)c1ccc2nc(C=O)c(-c3ccc(F)cc3)nc2c1. The van der Waals surface area contributed by atoms with Gasteiger partial charge >= 0.3 is 5.97 Å². The average Bonchev–Trinajstić information content (AvgIpc) is 2.60. The normalized spacial score (nSPS) is 10.5. The maximum Gasteiger partial charge on any atom is 0.337 e. The molecule has 2 aromatic carbocycles. The Morgan fingerprint density at radius 3 is 2.48 bits per heavy atom. The zero-order valence-corrected chi connectivity index (χ0v) is 12.1. The molecule has 0 N–H and O–H groups in total. The largest absolute Gasteiger partial charge is 0.465 e. The fraction of sp³-hybridized carbons (Fsp3) is 0.0588. The Morgan fingerprint density at radius 2 is 1.83 bits per heavy atom. The highest BCUT2D eigenvalue weighted by molar-refractivity contribution is 5.95. The molecule has 0 aliphatic carbocycles. The molecule has 1 heterocycles. The van der Waals surface area contributed by atoms with Crippen molar-refractivity contribution in [3.63, 3.8) is 0 Å². The van der Waals surface area contributed by atoms with Crippen LogP contribution >= 0.6 is 0 Å². The number of hydrogen-bond acceptors (Lipinski definition) is 5. The van der Waals surface area contributed by atoms with Crippen molar-refractivity contribution in [3.05, 3.63) is 59.5 Å². The predicted octanol–water partition coefficient (Wildman–Crippen LogP) is 3.04. The molecule has 0 amide bonds. The van der Waals surface area contributed by atoms with Crippen molar-refractivity contribution in [2.75, 3.05) is 7.11 Å². The number of halogens is 1. The van der Waals surface area contributed by atoms with E-state index in [0.717, 1.165) is 0 Å². The van der Waals surface area contributed by atoms with E-state index in [-0.39, 0.29) is 11.5 Å². The summed E-state index contributed by atoms with van der Waals surface area (Å²) >= 11 is 0. The van der Waals surface area contributed by atoms with E-state index < -0.39 is 5.97 Å². The predicted molar refractivity (Wildman–Crippen MR) is 81.7 cm³/mol. The summed E-state index contributed by atoms with van der Waals surface area (Å²) in [5, 5.41) is 0. The molecule has 0 bridgehead atoms. The number of aldehydes is 1. The van der Waals surface area contributed by atoms with Gasteiger partial charge in [0.15, 0.2) is 6.29 Å². The lowest BCUT2D eigenvalue weighted by Crippen LogP contribution is -2.03. The van der Waals surface area contributed by atoms with Crippen molar-refractivity contribution < 1.29 is 18.7 Å². The first-order valence-corrected chi connectivity index (χ1v) is 6.73. The van der Waals surface area contributed by atoms with Crippen LogP contribution in [-0.2, 0) is 4.74 Å². The summed E-state index contributed by atoms with van der Waals surface area (Å²) in [6, 6.07) is 10.3. The van der Waals surface area contributed by atoms with Gasteiger partial charge in [0.25, 0.3) is 0 Å². The zero-order chi connectivity index (χ0) is 16.4. The van der Waals surface area contributed by atoms with Gasteiger partial charge in [0.1, 0.15) is 17.2 Å². The second-order valence-electron chi connectivity index (χ2n) is 4.78. The van der Waals surface area contributed by atoms with Crippen LogP contribution in [0, 0.1) is 5.82 Å². The van der Waals surface area contributed by atoms with Crippen LogP contribution in [0.5, 0.6) is 0 Å². The summed E-state index contributed by atoms with van der Waals surface area (Å²) in [5.41, 5.74) is 2.29. The third-order valence-corrected chi connectivity index (χ3v) is 3.34. The molecule has 1 aromatic heterocycles. The van der Waals surface area contributed by atoms with E-state index >= 15 is 0 Å². The molecule has 0 unspecified atom stereocenters. The molecule has 0 aliphatic heterocycles. The van der Waals surface area contributed by atoms with Crippen molar-refractivity contribution in [1.82, 2.24) is 9.97 Å². The van der Waals surface area contributed by atoms with Crippen LogP contribution < -0.4 is 0 Å². The standard InChI is InChI=1S/C17H11FN2O3/c1-23-17(22)11-4-7-13-14(8-11)20-16(15(9-21)19-13)10-2-5-12(18)6-3-10/h2-9H,1H3. The Morgan fingerprint density at radius 1 is 1.09 bits per heavy atom. The van der Waals surface area contributed by atoms with Crippen LogP contribution in [0.2, 0.25) is 0 Å². The summed E-state index contributed by atoms with van der Waals surface area (Å²) in [5.74, 6) is -0.875. The number of esters is 1. The number of nitrogens with zero attached hydrogens (tertiary/aromatic N) is 2. The quantitative estimate of drug-likeness (QED) is 0.549. The first-order valence-electron chi connectivity index (χ1n) is 6.73. The molecular weight excluding hydrogens is 299 g/mol.